The van der Waals surface area contributed by atoms with Crippen molar-refractivity contribution in [2.75, 3.05) is 26.8 Å². The van der Waals surface area contributed by atoms with Gasteiger partial charge in [0.25, 0.3) is 11.8 Å². The molecule has 2 saturated heterocycles. The van der Waals surface area contributed by atoms with E-state index in [1.165, 1.54) is 30.2 Å². The summed E-state index contributed by atoms with van der Waals surface area (Å²) in [5, 5.41) is 2.94. The number of nitrogens with zero attached hydrogens (tertiary/aromatic N) is 2. The summed E-state index contributed by atoms with van der Waals surface area (Å²) in [6.07, 6.45) is 0.623. The van der Waals surface area contributed by atoms with Crippen LogP contribution < -0.4 is 10.1 Å². The molecule has 3 aromatic rings. The van der Waals surface area contributed by atoms with Gasteiger partial charge >= 0.3 is 0 Å². The number of carbonyl (C=O) groups excluding carboxylic acids is 3. The SMILES string of the molecule is COc1cccc(C(=O)N2[C@@H](C(=O)NCc3ccccc3)COC23CCN(C(=O)c2cccc(F)c2)CC3)c1. The van der Waals surface area contributed by atoms with Crippen LogP contribution in [0.5, 0.6) is 5.75 Å². The molecule has 8 nitrogen and oxygen atoms in total. The molecule has 1 spiro atoms. The van der Waals surface area contributed by atoms with Crippen molar-refractivity contribution >= 4 is 17.7 Å². The smallest absolute Gasteiger partial charge is 0.257 e. The first kappa shape index (κ1) is 26.4. The molecule has 5 rings (SSSR count). The number of hydrogen-bond donors (Lipinski definition) is 1. The maximum absolute atomic E-state index is 13.9. The highest BCUT2D eigenvalue weighted by Crippen LogP contribution is 2.39. The lowest BCUT2D eigenvalue weighted by Gasteiger charge is -2.44. The van der Waals surface area contributed by atoms with Crippen molar-refractivity contribution in [2.24, 2.45) is 0 Å². The van der Waals surface area contributed by atoms with E-state index in [2.05, 4.69) is 5.32 Å². The molecule has 0 saturated carbocycles. The van der Waals surface area contributed by atoms with Gasteiger partial charge in [0.05, 0.1) is 13.7 Å². The largest absolute Gasteiger partial charge is 0.497 e. The van der Waals surface area contributed by atoms with Gasteiger partial charge in [0, 0.05) is 43.6 Å². The minimum Gasteiger partial charge on any atom is -0.497 e. The Balaban J connectivity index is 1.38. The van der Waals surface area contributed by atoms with E-state index < -0.39 is 17.6 Å². The van der Waals surface area contributed by atoms with Gasteiger partial charge in [0.2, 0.25) is 5.91 Å². The summed E-state index contributed by atoms with van der Waals surface area (Å²) >= 11 is 0. The first-order valence-electron chi connectivity index (χ1n) is 12.9. The maximum atomic E-state index is 13.9. The topological polar surface area (TPSA) is 88.2 Å². The number of likely N-dealkylation sites (tertiary alicyclic amines) is 1. The molecule has 202 valence electrons. The molecule has 0 bridgehead atoms. The molecule has 3 amide bonds. The van der Waals surface area contributed by atoms with E-state index in [-0.39, 0.29) is 43.0 Å². The fourth-order valence-electron chi connectivity index (χ4n) is 5.23. The van der Waals surface area contributed by atoms with Crippen LogP contribution >= 0.6 is 0 Å². The molecule has 2 aliphatic heterocycles. The van der Waals surface area contributed by atoms with Crippen molar-refractivity contribution in [3.63, 3.8) is 0 Å². The summed E-state index contributed by atoms with van der Waals surface area (Å²) < 4.78 is 25.3. The number of nitrogens with one attached hydrogen (secondary N) is 1. The molecule has 0 unspecified atom stereocenters. The van der Waals surface area contributed by atoms with Crippen LogP contribution in [-0.4, -0.2) is 66.1 Å². The quantitative estimate of drug-likeness (QED) is 0.525. The number of amides is 3. The van der Waals surface area contributed by atoms with Crippen LogP contribution in [0.3, 0.4) is 0 Å². The van der Waals surface area contributed by atoms with Gasteiger partial charge in [0.15, 0.2) is 0 Å². The first-order valence-corrected chi connectivity index (χ1v) is 12.9. The molecular weight excluding hydrogens is 501 g/mol. The molecule has 39 heavy (non-hydrogen) atoms. The summed E-state index contributed by atoms with van der Waals surface area (Å²) in [4.78, 5) is 43.5. The van der Waals surface area contributed by atoms with E-state index >= 15 is 0 Å². The van der Waals surface area contributed by atoms with Crippen molar-refractivity contribution < 1.29 is 28.2 Å². The third kappa shape index (κ3) is 5.49. The van der Waals surface area contributed by atoms with E-state index in [0.717, 1.165) is 5.56 Å². The number of rotatable bonds is 6. The molecule has 9 heteroatoms. The van der Waals surface area contributed by atoms with E-state index in [1.54, 1.807) is 35.2 Å². The average Bonchev–Trinajstić information content (AvgIpc) is 3.34. The Morgan fingerprint density at radius 1 is 0.949 bits per heavy atom. The fourth-order valence-corrected chi connectivity index (χ4v) is 5.23. The summed E-state index contributed by atoms with van der Waals surface area (Å²) in [6.45, 7) is 0.930. The zero-order valence-electron chi connectivity index (χ0n) is 21.6. The monoisotopic (exact) mass is 531 g/mol. The minimum absolute atomic E-state index is 0.0359. The third-order valence-corrected chi connectivity index (χ3v) is 7.31. The second-order valence-electron chi connectivity index (χ2n) is 9.69. The van der Waals surface area contributed by atoms with Gasteiger partial charge in [-0.05, 0) is 42.0 Å². The Hall–Kier alpha value is -4.24. The van der Waals surface area contributed by atoms with Gasteiger partial charge in [-0.15, -0.1) is 0 Å². The Labute approximate surface area is 226 Å². The normalized spacial score (nSPS) is 18.2. The van der Waals surface area contributed by atoms with Crippen molar-refractivity contribution in [2.45, 2.75) is 31.2 Å². The molecule has 0 radical (unpaired) electrons. The van der Waals surface area contributed by atoms with Crippen molar-refractivity contribution in [3.05, 3.63) is 101 Å². The van der Waals surface area contributed by atoms with Crippen LogP contribution in [0.1, 0.15) is 39.1 Å². The van der Waals surface area contributed by atoms with Crippen LogP contribution in [-0.2, 0) is 16.1 Å². The zero-order valence-corrected chi connectivity index (χ0v) is 21.6. The number of carbonyl (C=O) groups is 3. The summed E-state index contributed by atoms with van der Waals surface area (Å²) in [7, 11) is 1.52. The Morgan fingerprint density at radius 2 is 1.64 bits per heavy atom. The summed E-state index contributed by atoms with van der Waals surface area (Å²) in [5.41, 5.74) is 0.515. The number of halogens is 1. The van der Waals surface area contributed by atoms with Crippen LogP contribution in [0.15, 0.2) is 78.9 Å². The highest BCUT2D eigenvalue weighted by atomic mass is 19.1. The second-order valence-corrected chi connectivity index (χ2v) is 9.69. The van der Waals surface area contributed by atoms with Crippen molar-refractivity contribution in [1.82, 2.24) is 15.1 Å². The molecule has 1 N–H and O–H groups in total. The molecule has 3 aromatic carbocycles. The Morgan fingerprint density at radius 3 is 2.33 bits per heavy atom. The van der Waals surface area contributed by atoms with Gasteiger partial charge in [-0.3, -0.25) is 19.3 Å². The molecular formula is C30H30FN3O5. The lowest BCUT2D eigenvalue weighted by molar-refractivity contribution is -0.128. The first-order chi connectivity index (χ1) is 18.9. The second kappa shape index (κ2) is 11.2. The standard InChI is InChI=1S/C30H30FN3O5/c1-38-25-12-6-10-23(18-25)29(37)34-26(27(35)32-19-21-7-3-2-4-8-21)20-39-30(34)13-15-33(16-14-30)28(36)22-9-5-11-24(31)17-22/h2-12,17-18,26H,13-16,19-20H2,1H3,(H,32,35)/t26-/m1/s1. The summed E-state index contributed by atoms with van der Waals surface area (Å²) in [6, 6.07) is 21.0. The van der Waals surface area contributed by atoms with Crippen molar-refractivity contribution in [1.29, 1.82) is 0 Å². The van der Waals surface area contributed by atoms with Gasteiger partial charge in [0.1, 0.15) is 23.3 Å². The molecule has 0 aliphatic carbocycles. The van der Waals surface area contributed by atoms with Gasteiger partial charge in [-0.2, -0.15) is 0 Å². The van der Waals surface area contributed by atoms with E-state index in [0.29, 0.717) is 30.7 Å². The third-order valence-electron chi connectivity index (χ3n) is 7.31. The number of piperidine rings is 1. The highest BCUT2D eigenvalue weighted by molar-refractivity contribution is 5.99. The zero-order chi connectivity index (χ0) is 27.4. The lowest BCUT2D eigenvalue weighted by atomic mass is 9.96. The predicted molar refractivity (Wildman–Crippen MR) is 141 cm³/mol. The Bertz CT molecular complexity index is 1360. The van der Waals surface area contributed by atoms with E-state index in [1.807, 2.05) is 30.3 Å². The number of benzene rings is 3. The Kier molecular flexibility index (Phi) is 7.60. The van der Waals surface area contributed by atoms with E-state index in [4.69, 9.17) is 9.47 Å². The average molecular weight is 532 g/mol. The predicted octanol–water partition coefficient (Wildman–Crippen LogP) is 3.62. The van der Waals surface area contributed by atoms with Crippen LogP contribution in [0.2, 0.25) is 0 Å². The van der Waals surface area contributed by atoms with Crippen LogP contribution in [0.25, 0.3) is 0 Å². The van der Waals surface area contributed by atoms with Gasteiger partial charge in [-0.1, -0.05) is 42.5 Å². The number of hydrogen-bond acceptors (Lipinski definition) is 5. The van der Waals surface area contributed by atoms with Crippen LogP contribution in [0.4, 0.5) is 4.39 Å². The van der Waals surface area contributed by atoms with Crippen molar-refractivity contribution in [3.8, 4) is 5.75 Å². The number of ether oxygens (including phenoxy) is 2. The van der Waals surface area contributed by atoms with Gasteiger partial charge in [-0.25, -0.2) is 4.39 Å². The summed E-state index contributed by atoms with van der Waals surface area (Å²) in [5.74, 6) is -0.907. The lowest BCUT2D eigenvalue weighted by Crippen LogP contribution is -2.59. The molecule has 0 aromatic heterocycles. The molecule has 2 aliphatic rings. The molecule has 2 heterocycles. The highest BCUT2D eigenvalue weighted by Gasteiger charge is 2.54. The minimum atomic E-state index is -1.06. The molecule has 2 fully saturated rings. The maximum Gasteiger partial charge on any atom is 0.257 e. The van der Waals surface area contributed by atoms with Gasteiger partial charge < -0.3 is 19.7 Å². The van der Waals surface area contributed by atoms with E-state index in [9.17, 15) is 18.8 Å². The van der Waals surface area contributed by atoms with Crippen LogP contribution in [0, 0.1) is 5.82 Å². The fraction of sp³-hybridized carbons (Fsp3) is 0.300. The molecule has 1 atom stereocenters. The number of methoxy groups -OCH3 is 1.